The number of hydrogen-bond donors (Lipinski definition) is 0. The van der Waals surface area contributed by atoms with Gasteiger partial charge in [-0.05, 0) is 48.5 Å². The number of nitrogens with zero attached hydrogens (tertiary/aromatic N) is 2. The number of rotatable bonds is 6. The van der Waals surface area contributed by atoms with Crippen LogP contribution in [0.25, 0.3) is 22.9 Å². The van der Waals surface area contributed by atoms with E-state index in [2.05, 4.69) is 9.97 Å². The maximum Gasteiger partial charge on any atom is 0.226 e. The van der Waals surface area contributed by atoms with Gasteiger partial charge < -0.3 is 13.6 Å². The quantitative estimate of drug-likeness (QED) is 0.395. The molecule has 4 aromatic rings. The summed E-state index contributed by atoms with van der Waals surface area (Å²) in [5, 5.41) is 1.33. The summed E-state index contributed by atoms with van der Waals surface area (Å²) in [6.07, 6.45) is 3.15. The van der Waals surface area contributed by atoms with Crippen LogP contribution in [0.1, 0.15) is 11.4 Å². The number of oxazole rings is 2. The molecule has 0 saturated heterocycles. The van der Waals surface area contributed by atoms with E-state index in [0.29, 0.717) is 46.4 Å². The minimum Gasteiger partial charge on any atom is -0.444 e. The van der Waals surface area contributed by atoms with Crippen LogP contribution < -0.4 is 0 Å². The first-order valence-corrected chi connectivity index (χ1v) is 8.91. The first-order valence-electron chi connectivity index (χ1n) is 8.16. The molecule has 0 amide bonds. The van der Waals surface area contributed by atoms with Crippen LogP contribution in [0.5, 0.6) is 0 Å². The van der Waals surface area contributed by atoms with E-state index in [1.807, 2.05) is 24.3 Å². The highest BCUT2D eigenvalue weighted by Crippen LogP contribution is 2.22. The highest BCUT2D eigenvalue weighted by Gasteiger charge is 2.09. The van der Waals surface area contributed by atoms with E-state index in [0.717, 1.165) is 11.1 Å². The lowest BCUT2D eigenvalue weighted by atomic mass is 10.2. The van der Waals surface area contributed by atoms with Gasteiger partial charge in [0.05, 0.1) is 13.2 Å². The lowest BCUT2D eigenvalue weighted by molar-refractivity contribution is 0.102. The lowest BCUT2D eigenvalue weighted by Gasteiger charge is -1.98. The van der Waals surface area contributed by atoms with E-state index in [1.165, 1.54) is 0 Å². The van der Waals surface area contributed by atoms with Gasteiger partial charge in [-0.2, -0.15) is 0 Å². The van der Waals surface area contributed by atoms with Crippen molar-refractivity contribution in [2.75, 3.05) is 0 Å². The van der Waals surface area contributed by atoms with Crippen LogP contribution in [0.15, 0.2) is 69.9 Å². The average molecular weight is 401 g/mol. The van der Waals surface area contributed by atoms with Gasteiger partial charge in [0.2, 0.25) is 11.8 Å². The molecule has 0 spiro atoms. The Kier molecular flexibility index (Phi) is 5.25. The van der Waals surface area contributed by atoms with Gasteiger partial charge in [0, 0.05) is 21.2 Å². The van der Waals surface area contributed by atoms with Gasteiger partial charge >= 0.3 is 0 Å². The van der Waals surface area contributed by atoms with Gasteiger partial charge in [-0.3, -0.25) is 0 Å². The molecule has 0 aliphatic rings. The van der Waals surface area contributed by atoms with Crippen molar-refractivity contribution in [3.63, 3.8) is 0 Å². The second-order valence-corrected chi connectivity index (χ2v) is 6.67. The van der Waals surface area contributed by atoms with Gasteiger partial charge in [-0.1, -0.05) is 23.2 Å². The van der Waals surface area contributed by atoms with Crippen LogP contribution in [0.3, 0.4) is 0 Å². The second kappa shape index (κ2) is 7.96. The summed E-state index contributed by atoms with van der Waals surface area (Å²) in [6.45, 7) is 0.612. The Morgan fingerprint density at radius 2 is 1.07 bits per heavy atom. The predicted octanol–water partition coefficient (Wildman–Crippen LogP) is 6.02. The minimum atomic E-state index is 0.306. The molecule has 136 valence electrons. The van der Waals surface area contributed by atoms with E-state index < -0.39 is 0 Å². The summed E-state index contributed by atoms with van der Waals surface area (Å²) in [7, 11) is 0. The molecule has 0 radical (unpaired) electrons. The Labute approximate surface area is 165 Å². The maximum absolute atomic E-state index is 5.89. The fourth-order valence-electron chi connectivity index (χ4n) is 2.46. The van der Waals surface area contributed by atoms with Crippen LogP contribution in [0, 0.1) is 0 Å². The molecule has 27 heavy (non-hydrogen) atoms. The summed E-state index contributed by atoms with van der Waals surface area (Å²) in [4.78, 5) is 8.82. The molecule has 0 aliphatic carbocycles. The molecule has 0 atom stereocenters. The second-order valence-electron chi connectivity index (χ2n) is 5.79. The SMILES string of the molecule is Clc1ccc(-c2nc(COCc3coc(-c4ccc(Cl)cc4)n3)co2)cc1. The molecule has 4 rings (SSSR count). The van der Waals surface area contributed by atoms with E-state index in [-0.39, 0.29) is 0 Å². The molecule has 0 fully saturated rings. The van der Waals surface area contributed by atoms with Gasteiger partial charge in [-0.25, -0.2) is 9.97 Å². The third-order valence-corrected chi connectivity index (χ3v) is 4.29. The number of aromatic nitrogens is 2. The summed E-state index contributed by atoms with van der Waals surface area (Å²) in [6, 6.07) is 14.6. The lowest BCUT2D eigenvalue weighted by Crippen LogP contribution is -1.95. The zero-order valence-electron chi connectivity index (χ0n) is 14.1. The van der Waals surface area contributed by atoms with E-state index in [4.69, 9.17) is 36.8 Å². The first-order chi connectivity index (χ1) is 13.2. The van der Waals surface area contributed by atoms with Crippen LogP contribution in [0.2, 0.25) is 10.0 Å². The fourth-order valence-corrected chi connectivity index (χ4v) is 2.71. The van der Waals surface area contributed by atoms with Gasteiger partial charge in [-0.15, -0.1) is 0 Å². The summed E-state index contributed by atoms with van der Waals surface area (Å²) >= 11 is 11.8. The first kappa shape index (κ1) is 17.8. The van der Waals surface area contributed by atoms with Crippen LogP contribution in [-0.4, -0.2) is 9.97 Å². The zero-order valence-corrected chi connectivity index (χ0v) is 15.6. The Hall–Kier alpha value is -2.60. The fraction of sp³-hybridized carbons (Fsp3) is 0.100. The van der Waals surface area contributed by atoms with Crippen molar-refractivity contribution in [3.8, 4) is 22.9 Å². The summed E-state index contributed by atoms with van der Waals surface area (Å²) in [5.41, 5.74) is 3.10. The molecule has 2 aromatic heterocycles. The van der Waals surface area contributed by atoms with E-state index >= 15 is 0 Å². The van der Waals surface area contributed by atoms with Crippen molar-refractivity contribution in [2.24, 2.45) is 0 Å². The van der Waals surface area contributed by atoms with E-state index in [9.17, 15) is 0 Å². The van der Waals surface area contributed by atoms with Crippen LogP contribution >= 0.6 is 23.2 Å². The molecule has 0 N–H and O–H groups in total. The molecule has 7 heteroatoms. The van der Waals surface area contributed by atoms with Crippen molar-refractivity contribution in [1.82, 2.24) is 9.97 Å². The molecule has 0 bridgehead atoms. The third kappa shape index (κ3) is 4.39. The molecule has 0 unspecified atom stereocenters. The average Bonchev–Trinajstić information content (AvgIpc) is 3.33. The number of halogens is 2. The summed E-state index contributed by atoms with van der Waals surface area (Å²) < 4.78 is 16.6. The van der Waals surface area contributed by atoms with Gasteiger partial charge in [0.1, 0.15) is 23.9 Å². The Morgan fingerprint density at radius 1 is 0.667 bits per heavy atom. The largest absolute Gasteiger partial charge is 0.444 e. The van der Waals surface area contributed by atoms with Crippen LogP contribution in [-0.2, 0) is 18.0 Å². The molecule has 5 nitrogen and oxygen atoms in total. The Balaban J connectivity index is 1.34. The molecular formula is C20H14Cl2N2O3. The van der Waals surface area contributed by atoms with Gasteiger partial charge in [0.15, 0.2) is 0 Å². The Bertz CT molecular complexity index is 940. The summed E-state index contributed by atoms with van der Waals surface area (Å²) in [5.74, 6) is 1.05. The van der Waals surface area contributed by atoms with Crippen molar-refractivity contribution in [2.45, 2.75) is 13.2 Å². The molecule has 0 aliphatic heterocycles. The molecule has 2 aromatic carbocycles. The number of hydrogen-bond acceptors (Lipinski definition) is 5. The van der Waals surface area contributed by atoms with Gasteiger partial charge in [0.25, 0.3) is 0 Å². The number of ether oxygens (including phenoxy) is 1. The van der Waals surface area contributed by atoms with Crippen molar-refractivity contribution in [1.29, 1.82) is 0 Å². The van der Waals surface area contributed by atoms with Crippen molar-refractivity contribution in [3.05, 3.63) is 82.5 Å². The maximum atomic E-state index is 5.89. The Morgan fingerprint density at radius 3 is 1.48 bits per heavy atom. The van der Waals surface area contributed by atoms with Crippen molar-refractivity contribution >= 4 is 23.2 Å². The highest BCUT2D eigenvalue weighted by atomic mass is 35.5. The topological polar surface area (TPSA) is 61.3 Å². The number of benzene rings is 2. The molecular weight excluding hydrogens is 387 g/mol. The normalized spacial score (nSPS) is 11.0. The predicted molar refractivity (Wildman–Crippen MR) is 102 cm³/mol. The smallest absolute Gasteiger partial charge is 0.226 e. The highest BCUT2D eigenvalue weighted by molar-refractivity contribution is 6.30. The molecule has 2 heterocycles. The van der Waals surface area contributed by atoms with Crippen LogP contribution in [0.4, 0.5) is 0 Å². The monoisotopic (exact) mass is 400 g/mol. The molecule has 0 saturated carbocycles. The van der Waals surface area contributed by atoms with E-state index in [1.54, 1.807) is 36.8 Å². The van der Waals surface area contributed by atoms with Crippen molar-refractivity contribution < 1.29 is 13.6 Å². The third-order valence-electron chi connectivity index (χ3n) is 3.79. The zero-order chi connectivity index (χ0) is 18.6. The minimum absolute atomic E-state index is 0.306. The standard InChI is InChI=1S/C20H14Cl2N2O3/c21-15-5-1-13(2-6-15)19-23-17(11-26-19)9-25-10-18-12-27-20(24-18)14-3-7-16(22)8-4-14/h1-8,11-12H,9-10H2.